The molecule has 1 fully saturated rings. The van der Waals surface area contributed by atoms with Crippen molar-refractivity contribution in [1.29, 1.82) is 0 Å². The van der Waals surface area contributed by atoms with E-state index in [2.05, 4.69) is 20.8 Å². The first-order valence-corrected chi connectivity index (χ1v) is 8.10. The van der Waals surface area contributed by atoms with Crippen LogP contribution in [0.5, 0.6) is 0 Å². The summed E-state index contributed by atoms with van der Waals surface area (Å²) in [6.07, 6.45) is 8.64. The number of carbonyl (C=O) groups excluding carboxylic acids is 1. The third-order valence-electron chi connectivity index (χ3n) is 4.44. The van der Waals surface area contributed by atoms with Crippen molar-refractivity contribution in [3.63, 3.8) is 0 Å². The van der Waals surface area contributed by atoms with E-state index in [4.69, 9.17) is 5.73 Å². The molecule has 0 aliphatic heterocycles. The fourth-order valence-corrected chi connectivity index (χ4v) is 3.19. The SMILES string of the molecule is CCCCC1CCC(C(=O)N(CCN)C(C)C)CC1. The average Bonchev–Trinajstić information content (AvgIpc) is 2.42. The van der Waals surface area contributed by atoms with Gasteiger partial charge >= 0.3 is 0 Å². The molecule has 0 aromatic carbocycles. The standard InChI is InChI=1S/C16H32N2O/c1-4-5-6-14-7-9-15(10-8-14)16(19)18(12-11-17)13(2)3/h13-15H,4-12,17H2,1-3H3. The van der Waals surface area contributed by atoms with Gasteiger partial charge in [-0.05, 0) is 45.4 Å². The van der Waals surface area contributed by atoms with Gasteiger partial charge in [0.2, 0.25) is 5.91 Å². The molecule has 1 saturated carbocycles. The second-order valence-electron chi connectivity index (χ2n) is 6.27. The highest BCUT2D eigenvalue weighted by Gasteiger charge is 2.29. The van der Waals surface area contributed by atoms with Gasteiger partial charge in [0.1, 0.15) is 0 Å². The summed E-state index contributed by atoms with van der Waals surface area (Å²) in [5.74, 6) is 1.47. The maximum atomic E-state index is 12.5. The van der Waals surface area contributed by atoms with Crippen LogP contribution in [0.1, 0.15) is 65.7 Å². The molecule has 0 heterocycles. The van der Waals surface area contributed by atoms with E-state index in [1.165, 1.54) is 32.1 Å². The molecule has 19 heavy (non-hydrogen) atoms. The molecule has 112 valence electrons. The lowest BCUT2D eigenvalue weighted by Crippen LogP contribution is -2.44. The molecule has 1 rings (SSSR count). The first-order valence-electron chi connectivity index (χ1n) is 8.10. The fourth-order valence-electron chi connectivity index (χ4n) is 3.19. The van der Waals surface area contributed by atoms with E-state index in [1.54, 1.807) is 0 Å². The molecule has 0 radical (unpaired) electrons. The monoisotopic (exact) mass is 268 g/mol. The van der Waals surface area contributed by atoms with Crippen LogP contribution in [0.3, 0.4) is 0 Å². The predicted octanol–water partition coefficient (Wildman–Crippen LogP) is 3.18. The molecule has 3 nitrogen and oxygen atoms in total. The molecule has 0 saturated heterocycles. The van der Waals surface area contributed by atoms with Gasteiger partial charge in [-0.15, -0.1) is 0 Å². The van der Waals surface area contributed by atoms with Gasteiger partial charge in [-0.2, -0.15) is 0 Å². The summed E-state index contributed by atoms with van der Waals surface area (Å²) in [5, 5.41) is 0. The molecule has 0 spiro atoms. The summed E-state index contributed by atoms with van der Waals surface area (Å²) in [6, 6.07) is 0.272. The lowest BCUT2D eigenvalue weighted by atomic mass is 9.79. The summed E-state index contributed by atoms with van der Waals surface area (Å²) < 4.78 is 0. The van der Waals surface area contributed by atoms with Crippen LogP contribution in [0, 0.1) is 11.8 Å². The maximum Gasteiger partial charge on any atom is 0.225 e. The third-order valence-corrected chi connectivity index (χ3v) is 4.44. The van der Waals surface area contributed by atoms with Crippen LogP contribution < -0.4 is 5.73 Å². The van der Waals surface area contributed by atoms with Crippen LogP contribution in [0.4, 0.5) is 0 Å². The van der Waals surface area contributed by atoms with Gasteiger partial charge in [-0.1, -0.05) is 26.2 Å². The normalized spacial score (nSPS) is 23.6. The van der Waals surface area contributed by atoms with Gasteiger partial charge in [0.15, 0.2) is 0 Å². The summed E-state index contributed by atoms with van der Waals surface area (Å²) in [5.41, 5.74) is 5.62. The summed E-state index contributed by atoms with van der Waals surface area (Å²) in [6.45, 7) is 7.69. The van der Waals surface area contributed by atoms with Gasteiger partial charge in [0, 0.05) is 25.0 Å². The van der Waals surface area contributed by atoms with Gasteiger partial charge in [0.25, 0.3) is 0 Å². The van der Waals surface area contributed by atoms with Crippen molar-refractivity contribution in [3.05, 3.63) is 0 Å². The lowest BCUT2D eigenvalue weighted by molar-refractivity contribution is -0.138. The number of carbonyl (C=O) groups is 1. The largest absolute Gasteiger partial charge is 0.339 e. The van der Waals surface area contributed by atoms with E-state index < -0.39 is 0 Å². The molecule has 0 aromatic rings. The first-order chi connectivity index (χ1) is 9.10. The van der Waals surface area contributed by atoms with E-state index in [0.29, 0.717) is 19.0 Å². The van der Waals surface area contributed by atoms with E-state index in [-0.39, 0.29) is 12.0 Å². The maximum absolute atomic E-state index is 12.5. The summed E-state index contributed by atoms with van der Waals surface area (Å²) >= 11 is 0. The smallest absolute Gasteiger partial charge is 0.225 e. The van der Waals surface area contributed by atoms with Crippen molar-refractivity contribution in [3.8, 4) is 0 Å². The van der Waals surface area contributed by atoms with Gasteiger partial charge in [-0.25, -0.2) is 0 Å². The zero-order valence-corrected chi connectivity index (χ0v) is 13.0. The molecule has 2 N–H and O–H groups in total. The highest BCUT2D eigenvalue weighted by molar-refractivity contribution is 5.79. The molecular formula is C16H32N2O. The second kappa shape index (κ2) is 8.57. The van der Waals surface area contributed by atoms with Crippen LogP contribution >= 0.6 is 0 Å². The van der Waals surface area contributed by atoms with Gasteiger partial charge in [0.05, 0.1) is 0 Å². The average molecular weight is 268 g/mol. The minimum absolute atomic E-state index is 0.256. The molecule has 0 aromatic heterocycles. The molecule has 0 bridgehead atoms. The minimum Gasteiger partial charge on any atom is -0.339 e. The first kappa shape index (κ1) is 16.5. The van der Waals surface area contributed by atoms with E-state index >= 15 is 0 Å². The second-order valence-corrected chi connectivity index (χ2v) is 6.27. The number of nitrogens with two attached hydrogens (primary N) is 1. The number of hydrogen-bond acceptors (Lipinski definition) is 2. The predicted molar refractivity (Wildman–Crippen MR) is 80.9 cm³/mol. The Hall–Kier alpha value is -0.570. The van der Waals surface area contributed by atoms with Crippen LogP contribution in [-0.2, 0) is 4.79 Å². The van der Waals surface area contributed by atoms with E-state index in [1.807, 2.05) is 4.90 Å². The molecule has 1 aliphatic rings. The van der Waals surface area contributed by atoms with Crippen molar-refractivity contribution in [2.24, 2.45) is 17.6 Å². The Kier molecular flexibility index (Phi) is 7.44. The number of hydrogen-bond donors (Lipinski definition) is 1. The van der Waals surface area contributed by atoms with Crippen molar-refractivity contribution >= 4 is 5.91 Å². The molecule has 3 heteroatoms. The van der Waals surface area contributed by atoms with Crippen LogP contribution in [-0.4, -0.2) is 29.9 Å². The van der Waals surface area contributed by atoms with E-state index in [9.17, 15) is 4.79 Å². The Morgan fingerprint density at radius 2 is 1.89 bits per heavy atom. The number of rotatable bonds is 7. The topological polar surface area (TPSA) is 46.3 Å². The number of amides is 1. The van der Waals surface area contributed by atoms with Crippen LogP contribution in [0.15, 0.2) is 0 Å². The van der Waals surface area contributed by atoms with Crippen molar-refractivity contribution < 1.29 is 4.79 Å². The highest BCUT2D eigenvalue weighted by atomic mass is 16.2. The lowest BCUT2D eigenvalue weighted by Gasteiger charge is -2.34. The van der Waals surface area contributed by atoms with Gasteiger partial charge < -0.3 is 10.6 Å². The molecule has 0 unspecified atom stereocenters. The molecular weight excluding hydrogens is 236 g/mol. The van der Waals surface area contributed by atoms with Crippen LogP contribution in [0.2, 0.25) is 0 Å². The Bertz CT molecular complexity index is 257. The van der Waals surface area contributed by atoms with Gasteiger partial charge in [-0.3, -0.25) is 4.79 Å². The van der Waals surface area contributed by atoms with Crippen molar-refractivity contribution in [1.82, 2.24) is 4.90 Å². The van der Waals surface area contributed by atoms with Crippen molar-refractivity contribution in [2.75, 3.05) is 13.1 Å². The number of unbranched alkanes of at least 4 members (excludes halogenated alkanes) is 1. The summed E-state index contributed by atoms with van der Waals surface area (Å²) in [7, 11) is 0. The number of nitrogens with zero attached hydrogens (tertiary/aromatic N) is 1. The fraction of sp³-hybridized carbons (Fsp3) is 0.938. The quantitative estimate of drug-likeness (QED) is 0.771. The Morgan fingerprint density at radius 3 is 2.37 bits per heavy atom. The third kappa shape index (κ3) is 5.13. The van der Waals surface area contributed by atoms with E-state index in [0.717, 1.165) is 18.8 Å². The highest BCUT2D eigenvalue weighted by Crippen LogP contribution is 2.33. The molecule has 0 atom stereocenters. The minimum atomic E-state index is 0.256. The Labute approximate surface area is 118 Å². The molecule has 1 aliphatic carbocycles. The zero-order valence-electron chi connectivity index (χ0n) is 13.0. The Morgan fingerprint density at radius 1 is 1.26 bits per heavy atom. The van der Waals surface area contributed by atoms with Crippen LogP contribution in [0.25, 0.3) is 0 Å². The van der Waals surface area contributed by atoms with Crippen molar-refractivity contribution in [2.45, 2.75) is 71.8 Å². The zero-order chi connectivity index (χ0) is 14.3. The molecule has 1 amide bonds. The summed E-state index contributed by atoms with van der Waals surface area (Å²) in [4.78, 5) is 14.5. The Balaban J connectivity index is 2.42.